The molecule has 3 N–H and O–H groups in total. The summed E-state index contributed by atoms with van der Waals surface area (Å²) in [6, 6.07) is 7.45. The molecule has 0 fully saturated rings. The summed E-state index contributed by atoms with van der Waals surface area (Å²) in [7, 11) is 1.65. The Kier molecular flexibility index (Phi) is 5.97. The molecule has 4 nitrogen and oxygen atoms in total. The van der Waals surface area contributed by atoms with E-state index in [4.69, 9.17) is 15.2 Å². The lowest BCUT2D eigenvalue weighted by Crippen LogP contribution is -2.41. The molecule has 2 atom stereocenters. The highest BCUT2D eigenvalue weighted by Crippen LogP contribution is 2.16. The first kappa shape index (κ1) is 14.0. The van der Waals surface area contributed by atoms with Gasteiger partial charge in [-0.25, -0.2) is 0 Å². The van der Waals surface area contributed by atoms with E-state index in [2.05, 4.69) is 0 Å². The highest BCUT2D eigenvalue weighted by Gasteiger charge is 2.17. The minimum Gasteiger partial charge on any atom is -0.486 e. The van der Waals surface area contributed by atoms with Gasteiger partial charge >= 0.3 is 0 Å². The Morgan fingerprint density at radius 1 is 1.41 bits per heavy atom. The Morgan fingerprint density at radius 2 is 2.18 bits per heavy atom. The maximum Gasteiger partial charge on any atom is 0.137 e. The summed E-state index contributed by atoms with van der Waals surface area (Å²) < 4.78 is 10.7. The fourth-order valence-electron chi connectivity index (χ4n) is 1.57. The van der Waals surface area contributed by atoms with Crippen molar-refractivity contribution in [1.29, 1.82) is 0 Å². The van der Waals surface area contributed by atoms with E-state index in [-0.39, 0.29) is 18.8 Å². The summed E-state index contributed by atoms with van der Waals surface area (Å²) in [5, 5.41) is 9.23. The summed E-state index contributed by atoms with van der Waals surface area (Å²) in [5.74, 6) is 0.711. The van der Waals surface area contributed by atoms with E-state index in [1.165, 1.54) is 0 Å². The Hall–Kier alpha value is -1.10. The quantitative estimate of drug-likeness (QED) is 0.753. The Labute approximate surface area is 102 Å². The predicted molar refractivity (Wildman–Crippen MR) is 66.9 cm³/mol. The maximum absolute atomic E-state index is 9.23. The second kappa shape index (κ2) is 7.27. The number of aliphatic hydroxyl groups excluding tert-OH is 1. The van der Waals surface area contributed by atoms with Gasteiger partial charge in [0.25, 0.3) is 0 Å². The fourth-order valence-corrected chi connectivity index (χ4v) is 1.57. The third-order valence-corrected chi connectivity index (χ3v) is 2.63. The molecule has 96 valence electrons. The van der Waals surface area contributed by atoms with Crippen molar-refractivity contribution in [2.45, 2.75) is 32.1 Å². The van der Waals surface area contributed by atoms with Crippen LogP contribution in [-0.2, 0) is 11.3 Å². The number of hydrogen-bond acceptors (Lipinski definition) is 4. The molecule has 0 aliphatic heterocycles. The largest absolute Gasteiger partial charge is 0.486 e. The van der Waals surface area contributed by atoms with Gasteiger partial charge in [-0.15, -0.1) is 0 Å². The zero-order valence-corrected chi connectivity index (χ0v) is 10.4. The SMILES string of the molecule is CCC(N)C(CO)Oc1cccc(COC)c1. The summed E-state index contributed by atoms with van der Waals surface area (Å²) in [5.41, 5.74) is 6.90. The molecular formula is C13H21NO3. The second-order valence-electron chi connectivity index (χ2n) is 3.99. The van der Waals surface area contributed by atoms with Crippen LogP contribution in [0.4, 0.5) is 0 Å². The van der Waals surface area contributed by atoms with Crippen LogP contribution in [0.15, 0.2) is 24.3 Å². The van der Waals surface area contributed by atoms with Crippen LogP contribution in [0.1, 0.15) is 18.9 Å². The molecule has 17 heavy (non-hydrogen) atoms. The van der Waals surface area contributed by atoms with Crippen LogP contribution in [0.5, 0.6) is 5.75 Å². The van der Waals surface area contributed by atoms with Gasteiger partial charge < -0.3 is 20.3 Å². The van der Waals surface area contributed by atoms with E-state index < -0.39 is 0 Å². The van der Waals surface area contributed by atoms with E-state index in [0.29, 0.717) is 12.4 Å². The van der Waals surface area contributed by atoms with Crippen LogP contribution in [0.2, 0.25) is 0 Å². The third kappa shape index (κ3) is 4.34. The number of nitrogens with two attached hydrogens (primary N) is 1. The molecule has 0 radical (unpaired) electrons. The molecule has 1 aromatic carbocycles. The molecule has 2 unspecified atom stereocenters. The Morgan fingerprint density at radius 3 is 2.76 bits per heavy atom. The molecule has 0 aromatic heterocycles. The van der Waals surface area contributed by atoms with Crippen LogP contribution >= 0.6 is 0 Å². The van der Waals surface area contributed by atoms with Crippen molar-refractivity contribution in [1.82, 2.24) is 0 Å². The van der Waals surface area contributed by atoms with Gasteiger partial charge in [0.05, 0.1) is 13.2 Å². The van der Waals surface area contributed by atoms with Gasteiger partial charge in [0.15, 0.2) is 0 Å². The monoisotopic (exact) mass is 239 g/mol. The van der Waals surface area contributed by atoms with Crippen molar-refractivity contribution in [3.63, 3.8) is 0 Å². The molecule has 1 rings (SSSR count). The topological polar surface area (TPSA) is 64.7 Å². The van der Waals surface area contributed by atoms with E-state index in [9.17, 15) is 5.11 Å². The lowest BCUT2D eigenvalue weighted by molar-refractivity contribution is 0.0929. The molecule has 0 aliphatic carbocycles. The Bertz CT molecular complexity index is 330. The van der Waals surface area contributed by atoms with Crippen LogP contribution in [0, 0.1) is 0 Å². The molecule has 0 bridgehead atoms. The number of ether oxygens (including phenoxy) is 2. The number of methoxy groups -OCH3 is 1. The minimum atomic E-state index is -0.363. The highest BCUT2D eigenvalue weighted by atomic mass is 16.5. The van der Waals surface area contributed by atoms with Gasteiger partial charge in [-0.2, -0.15) is 0 Å². The van der Waals surface area contributed by atoms with Gasteiger partial charge in [0, 0.05) is 13.2 Å². The first-order valence-electron chi connectivity index (χ1n) is 5.82. The molecule has 0 aliphatic rings. The van der Waals surface area contributed by atoms with Crippen molar-refractivity contribution >= 4 is 0 Å². The van der Waals surface area contributed by atoms with Gasteiger partial charge in [0.1, 0.15) is 11.9 Å². The average Bonchev–Trinajstić information content (AvgIpc) is 2.36. The van der Waals surface area contributed by atoms with Crippen LogP contribution in [0.3, 0.4) is 0 Å². The van der Waals surface area contributed by atoms with Crippen molar-refractivity contribution < 1.29 is 14.6 Å². The predicted octanol–water partition coefficient (Wildman–Crippen LogP) is 1.31. The van der Waals surface area contributed by atoms with E-state index in [1.54, 1.807) is 7.11 Å². The summed E-state index contributed by atoms with van der Waals surface area (Å²) in [6.45, 7) is 2.43. The van der Waals surface area contributed by atoms with E-state index >= 15 is 0 Å². The number of benzene rings is 1. The minimum absolute atomic E-state index is 0.0798. The van der Waals surface area contributed by atoms with Gasteiger partial charge in [-0.3, -0.25) is 0 Å². The molecule has 0 saturated heterocycles. The zero-order chi connectivity index (χ0) is 12.7. The lowest BCUT2D eigenvalue weighted by Gasteiger charge is -2.22. The van der Waals surface area contributed by atoms with E-state index in [0.717, 1.165) is 12.0 Å². The van der Waals surface area contributed by atoms with Gasteiger partial charge in [-0.05, 0) is 24.1 Å². The standard InChI is InChI=1S/C13H21NO3/c1-3-12(14)13(8-15)17-11-6-4-5-10(7-11)9-16-2/h4-7,12-13,15H,3,8-9,14H2,1-2H3. The highest BCUT2D eigenvalue weighted by molar-refractivity contribution is 5.28. The molecule has 0 spiro atoms. The van der Waals surface area contributed by atoms with Crippen molar-refractivity contribution in [2.24, 2.45) is 5.73 Å². The average molecular weight is 239 g/mol. The second-order valence-corrected chi connectivity index (χ2v) is 3.99. The first-order valence-corrected chi connectivity index (χ1v) is 5.82. The van der Waals surface area contributed by atoms with Crippen molar-refractivity contribution in [3.8, 4) is 5.75 Å². The zero-order valence-electron chi connectivity index (χ0n) is 10.4. The molecule has 4 heteroatoms. The summed E-state index contributed by atoms with van der Waals surface area (Å²) in [6.07, 6.45) is 0.404. The smallest absolute Gasteiger partial charge is 0.137 e. The van der Waals surface area contributed by atoms with E-state index in [1.807, 2.05) is 31.2 Å². The lowest BCUT2D eigenvalue weighted by atomic mass is 10.1. The van der Waals surface area contributed by atoms with Crippen molar-refractivity contribution in [2.75, 3.05) is 13.7 Å². The molecule has 0 saturated carbocycles. The number of rotatable bonds is 7. The van der Waals surface area contributed by atoms with Gasteiger partial charge in [-0.1, -0.05) is 19.1 Å². The van der Waals surface area contributed by atoms with Crippen LogP contribution < -0.4 is 10.5 Å². The molecular weight excluding hydrogens is 218 g/mol. The Balaban J connectivity index is 2.68. The number of aliphatic hydroxyl groups is 1. The molecule has 1 aromatic rings. The fraction of sp³-hybridized carbons (Fsp3) is 0.538. The van der Waals surface area contributed by atoms with Crippen LogP contribution in [0.25, 0.3) is 0 Å². The number of hydrogen-bond donors (Lipinski definition) is 2. The molecule has 0 amide bonds. The summed E-state index contributed by atoms with van der Waals surface area (Å²) in [4.78, 5) is 0. The summed E-state index contributed by atoms with van der Waals surface area (Å²) >= 11 is 0. The third-order valence-electron chi connectivity index (χ3n) is 2.63. The molecule has 0 heterocycles. The van der Waals surface area contributed by atoms with Crippen LogP contribution in [-0.4, -0.2) is 31.0 Å². The maximum atomic E-state index is 9.23. The normalized spacial score (nSPS) is 14.4. The van der Waals surface area contributed by atoms with Crippen molar-refractivity contribution in [3.05, 3.63) is 29.8 Å². The first-order chi connectivity index (χ1) is 8.21. The van der Waals surface area contributed by atoms with Gasteiger partial charge in [0.2, 0.25) is 0 Å².